The van der Waals surface area contributed by atoms with Crippen molar-refractivity contribution in [3.05, 3.63) is 17.2 Å². The standard InChI is InChI=1S/C27H38O3/c1-5-18-16-27-12-11-26(18,6-2)25(27,3)10-9-19-20(27)8-7-17-15-21(28-4)23-24(22(17)19)30-14-13-29-23/h15,18-20H,5-14,16H2,1-4H3/t18-,19+,20-,25-,26-,27?/m1/s1. The molecule has 6 atom stereocenters. The third-order valence-electron chi connectivity index (χ3n) is 11.1. The molecule has 5 aliphatic rings. The Labute approximate surface area is 181 Å². The normalized spacial score (nSPS) is 43.0. The maximum atomic E-state index is 6.31. The van der Waals surface area contributed by atoms with Crippen molar-refractivity contribution in [2.24, 2.45) is 28.1 Å². The van der Waals surface area contributed by atoms with Crippen LogP contribution >= 0.6 is 0 Å². The van der Waals surface area contributed by atoms with E-state index >= 15 is 0 Å². The molecule has 0 aromatic heterocycles. The lowest BCUT2D eigenvalue weighted by molar-refractivity contribution is -0.0601. The predicted molar refractivity (Wildman–Crippen MR) is 119 cm³/mol. The summed E-state index contributed by atoms with van der Waals surface area (Å²) < 4.78 is 18.1. The molecule has 4 aliphatic carbocycles. The molecule has 1 heterocycles. The maximum absolute atomic E-state index is 6.31. The highest BCUT2D eigenvalue weighted by Crippen LogP contribution is 2.83. The van der Waals surface area contributed by atoms with E-state index in [1.54, 1.807) is 7.11 Å². The molecule has 30 heavy (non-hydrogen) atoms. The van der Waals surface area contributed by atoms with Crippen molar-refractivity contribution >= 4 is 0 Å². The summed E-state index contributed by atoms with van der Waals surface area (Å²) in [7, 11) is 1.75. The first-order valence-corrected chi connectivity index (χ1v) is 12.5. The van der Waals surface area contributed by atoms with E-state index in [-0.39, 0.29) is 0 Å². The molecule has 1 aliphatic heterocycles. The molecule has 1 aromatic carbocycles. The Bertz CT molecular complexity index is 877. The highest BCUT2D eigenvalue weighted by atomic mass is 16.6. The largest absolute Gasteiger partial charge is 0.493 e. The van der Waals surface area contributed by atoms with Crippen LogP contribution in [0.1, 0.15) is 89.2 Å². The summed E-state index contributed by atoms with van der Waals surface area (Å²) in [5.74, 6) is 5.10. The van der Waals surface area contributed by atoms with E-state index < -0.39 is 0 Å². The van der Waals surface area contributed by atoms with Crippen LogP contribution in [0.3, 0.4) is 0 Å². The van der Waals surface area contributed by atoms with Crippen molar-refractivity contribution in [1.82, 2.24) is 0 Å². The Kier molecular flexibility index (Phi) is 4.07. The molecule has 0 N–H and O–H groups in total. The number of rotatable bonds is 3. The topological polar surface area (TPSA) is 27.7 Å². The van der Waals surface area contributed by atoms with E-state index in [4.69, 9.17) is 14.2 Å². The van der Waals surface area contributed by atoms with Gasteiger partial charge in [-0.05, 0) is 97.0 Å². The number of hydrogen-bond donors (Lipinski definition) is 0. The Morgan fingerprint density at radius 1 is 1.07 bits per heavy atom. The van der Waals surface area contributed by atoms with Gasteiger partial charge in [0.1, 0.15) is 13.2 Å². The fourth-order valence-corrected chi connectivity index (χ4v) is 9.92. The minimum Gasteiger partial charge on any atom is -0.493 e. The molecule has 3 nitrogen and oxygen atoms in total. The van der Waals surface area contributed by atoms with Gasteiger partial charge in [0.25, 0.3) is 0 Å². The smallest absolute Gasteiger partial charge is 0.204 e. The highest BCUT2D eigenvalue weighted by molar-refractivity contribution is 5.62. The van der Waals surface area contributed by atoms with E-state index in [2.05, 4.69) is 26.8 Å². The van der Waals surface area contributed by atoms with Crippen molar-refractivity contribution in [3.8, 4) is 17.2 Å². The van der Waals surface area contributed by atoms with Crippen LogP contribution < -0.4 is 14.2 Å². The molecule has 1 unspecified atom stereocenters. The molecular weight excluding hydrogens is 372 g/mol. The van der Waals surface area contributed by atoms with E-state index in [0.29, 0.717) is 35.4 Å². The van der Waals surface area contributed by atoms with Gasteiger partial charge in [-0.1, -0.05) is 27.2 Å². The van der Waals surface area contributed by atoms with E-state index in [1.165, 1.54) is 62.5 Å². The van der Waals surface area contributed by atoms with Gasteiger partial charge in [0.05, 0.1) is 7.11 Å². The molecule has 6 rings (SSSR count). The van der Waals surface area contributed by atoms with Gasteiger partial charge in [0.2, 0.25) is 5.75 Å². The second-order valence-electron chi connectivity index (χ2n) is 11.1. The SMILES string of the molecule is CC[C@@H]1CC23CC[C@@]1(CC)[C@@]2(C)CC[C@@H]1c2c(cc(OC)c4c2OCCO4)CC[C@H]13. The molecule has 2 bridgehead atoms. The van der Waals surface area contributed by atoms with Crippen molar-refractivity contribution in [1.29, 1.82) is 0 Å². The van der Waals surface area contributed by atoms with Gasteiger partial charge in [0, 0.05) is 5.56 Å². The van der Waals surface area contributed by atoms with Crippen LogP contribution in [0.15, 0.2) is 6.07 Å². The van der Waals surface area contributed by atoms with Crippen LogP contribution in [-0.4, -0.2) is 20.3 Å². The lowest BCUT2D eigenvalue weighted by Crippen LogP contribution is -2.50. The zero-order valence-electron chi connectivity index (χ0n) is 19.3. The monoisotopic (exact) mass is 410 g/mol. The first kappa shape index (κ1) is 19.3. The van der Waals surface area contributed by atoms with Gasteiger partial charge in [-0.15, -0.1) is 0 Å². The Balaban J connectivity index is 1.48. The Hall–Kier alpha value is -1.38. The number of methoxy groups -OCH3 is 1. The zero-order valence-corrected chi connectivity index (χ0v) is 19.3. The second kappa shape index (κ2) is 6.33. The Morgan fingerprint density at radius 2 is 1.87 bits per heavy atom. The summed E-state index contributed by atoms with van der Waals surface area (Å²) >= 11 is 0. The number of hydrogen-bond acceptors (Lipinski definition) is 3. The third-order valence-corrected chi connectivity index (χ3v) is 11.1. The van der Waals surface area contributed by atoms with E-state index in [9.17, 15) is 0 Å². The van der Waals surface area contributed by atoms with Crippen molar-refractivity contribution < 1.29 is 14.2 Å². The molecule has 0 radical (unpaired) electrons. The van der Waals surface area contributed by atoms with Crippen molar-refractivity contribution in [3.63, 3.8) is 0 Å². The maximum Gasteiger partial charge on any atom is 0.204 e. The second-order valence-corrected chi connectivity index (χ2v) is 11.1. The summed E-state index contributed by atoms with van der Waals surface area (Å²) in [6.07, 6.45) is 12.3. The van der Waals surface area contributed by atoms with Crippen molar-refractivity contribution in [2.75, 3.05) is 20.3 Å². The summed E-state index contributed by atoms with van der Waals surface area (Å²) in [5, 5.41) is 0. The van der Waals surface area contributed by atoms with Gasteiger partial charge < -0.3 is 14.2 Å². The first-order chi connectivity index (χ1) is 14.5. The zero-order chi connectivity index (χ0) is 20.7. The van der Waals surface area contributed by atoms with Crippen LogP contribution in [0.2, 0.25) is 0 Å². The molecule has 0 saturated heterocycles. The first-order valence-electron chi connectivity index (χ1n) is 12.5. The van der Waals surface area contributed by atoms with Crippen LogP contribution in [0, 0.1) is 28.1 Å². The number of ether oxygens (including phenoxy) is 3. The van der Waals surface area contributed by atoms with Crippen LogP contribution in [0.4, 0.5) is 0 Å². The molecule has 3 saturated carbocycles. The number of fused-ring (bicyclic) bond motifs is 5. The van der Waals surface area contributed by atoms with Crippen LogP contribution in [0.5, 0.6) is 17.2 Å². The van der Waals surface area contributed by atoms with Gasteiger partial charge in [0.15, 0.2) is 11.5 Å². The van der Waals surface area contributed by atoms with E-state index in [1.807, 2.05) is 0 Å². The Morgan fingerprint density at radius 3 is 2.60 bits per heavy atom. The van der Waals surface area contributed by atoms with Gasteiger partial charge >= 0.3 is 0 Å². The molecule has 164 valence electrons. The number of aryl methyl sites for hydroxylation is 1. The molecule has 0 amide bonds. The number of benzene rings is 1. The van der Waals surface area contributed by atoms with Crippen LogP contribution in [0.25, 0.3) is 0 Å². The fraction of sp³-hybridized carbons (Fsp3) is 0.778. The average molecular weight is 411 g/mol. The van der Waals surface area contributed by atoms with Crippen LogP contribution in [-0.2, 0) is 6.42 Å². The van der Waals surface area contributed by atoms with Gasteiger partial charge in [-0.2, -0.15) is 0 Å². The predicted octanol–water partition coefficient (Wildman–Crippen LogP) is 6.52. The minimum atomic E-state index is 0.526. The molecule has 3 heteroatoms. The summed E-state index contributed by atoms with van der Waals surface area (Å²) in [6, 6.07) is 2.26. The molecule has 0 spiro atoms. The minimum absolute atomic E-state index is 0.526. The molecular formula is C27H38O3. The highest BCUT2D eigenvalue weighted by Gasteiger charge is 2.75. The molecule has 1 aromatic rings. The van der Waals surface area contributed by atoms with Crippen molar-refractivity contribution in [2.45, 2.75) is 84.5 Å². The summed E-state index contributed by atoms with van der Waals surface area (Å²) in [6.45, 7) is 8.94. The third kappa shape index (κ3) is 1.99. The van der Waals surface area contributed by atoms with Gasteiger partial charge in [-0.3, -0.25) is 0 Å². The average Bonchev–Trinajstić information content (AvgIpc) is 3.19. The summed E-state index contributed by atoms with van der Waals surface area (Å²) in [5.41, 5.74) is 4.60. The summed E-state index contributed by atoms with van der Waals surface area (Å²) in [4.78, 5) is 0. The lowest BCUT2D eigenvalue weighted by atomic mass is 9.46. The van der Waals surface area contributed by atoms with E-state index in [0.717, 1.165) is 35.5 Å². The molecule has 3 fully saturated rings. The van der Waals surface area contributed by atoms with Gasteiger partial charge in [-0.25, -0.2) is 0 Å². The fourth-order valence-electron chi connectivity index (χ4n) is 9.92. The lowest BCUT2D eigenvalue weighted by Gasteiger charge is -2.58. The quantitative estimate of drug-likeness (QED) is 0.568.